The van der Waals surface area contributed by atoms with Crippen LogP contribution in [-0.2, 0) is 22.6 Å². The molecule has 0 N–H and O–H groups in total. The van der Waals surface area contributed by atoms with E-state index in [0.717, 1.165) is 10.5 Å². The predicted molar refractivity (Wildman–Crippen MR) is 93.8 cm³/mol. The normalized spacial score (nSPS) is 13.4. The van der Waals surface area contributed by atoms with E-state index in [1.807, 2.05) is 20.8 Å². The number of benzene rings is 1. The topological polar surface area (TPSA) is 103 Å². The van der Waals surface area contributed by atoms with Crippen molar-refractivity contribution in [1.29, 1.82) is 0 Å². The molecular weight excluding hydrogens is 350 g/mol. The summed E-state index contributed by atoms with van der Waals surface area (Å²) in [4.78, 5) is 41.8. The maximum absolute atomic E-state index is 12.4. The van der Waals surface area contributed by atoms with Crippen molar-refractivity contribution in [2.45, 2.75) is 40.2 Å². The van der Waals surface area contributed by atoms with Crippen molar-refractivity contribution >= 4 is 17.8 Å². The molecule has 1 aliphatic heterocycles. The molecular formula is C19H21N3O5. The first-order valence-electron chi connectivity index (χ1n) is 8.79. The van der Waals surface area contributed by atoms with Gasteiger partial charge in [-0.3, -0.25) is 19.3 Å². The van der Waals surface area contributed by atoms with Crippen LogP contribution in [0.2, 0.25) is 0 Å². The van der Waals surface area contributed by atoms with E-state index >= 15 is 0 Å². The Morgan fingerprint density at radius 3 is 2.70 bits per heavy atom. The number of esters is 1. The van der Waals surface area contributed by atoms with Crippen LogP contribution < -0.4 is 0 Å². The smallest absolute Gasteiger partial charge is 0.308 e. The summed E-state index contributed by atoms with van der Waals surface area (Å²) in [6.45, 7) is 5.76. The standard InChI is InChI=1S/C19H21N3O5/c1-11(2)8-15-20-16(27-21-15)10-26-17(23)6-7-22-18(24)13-5-4-12(3)9-14(13)19(22)25/h4-5,9,11H,6-8,10H2,1-3H3. The van der Waals surface area contributed by atoms with Crippen molar-refractivity contribution in [1.82, 2.24) is 15.0 Å². The second-order valence-corrected chi connectivity index (χ2v) is 6.92. The highest BCUT2D eigenvalue weighted by Crippen LogP contribution is 2.24. The second-order valence-electron chi connectivity index (χ2n) is 6.92. The van der Waals surface area contributed by atoms with Crippen molar-refractivity contribution in [2.24, 2.45) is 5.92 Å². The van der Waals surface area contributed by atoms with Crippen LogP contribution in [-0.4, -0.2) is 39.4 Å². The number of imide groups is 1. The van der Waals surface area contributed by atoms with Crippen LogP contribution in [0.4, 0.5) is 0 Å². The zero-order valence-corrected chi connectivity index (χ0v) is 15.5. The maximum atomic E-state index is 12.4. The molecule has 2 aromatic rings. The van der Waals surface area contributed by atoms with E-state index < -0.39 is 11.9 Å². The fourth-order valence-corrected chi connectivity index (χ4v) is 2.82. The van der Waals surface area contributed by atoms with Crippen molar-refractivity contribution in [3.63, 3.8) is 0 Å². The largest absolute Gasteiger partial charge is 0.456 e. The average Bonchev–Trinajstić information content (AvgIpc) is 3.14. The van der Waals surface area contributed by atoms with Gasteiger partial charge in [-0.2, -0.15) is 4.98 Å². The van der Waals surface area contributed by atoms with Crippen LogP contribution in [0.1, 0.15) is 58.3 Å². The van der Waals surface area contributed by atoms with Gasteiger partial charge in [-0.25, -0.2) is 0 Å². The highest BCUT2D eigenvalue weighted by molar-refractivity contribution is 6.21. The number of carbonyl (C=O) groups is 3. The summed E-state index contributed by atoms with van der Waals surface area (Å²) < 4.78 is 10.1. The van der Waals surface area contributed by atoms with E-state index in [2.05, 4.69) is 10.1 Å². The van der Waals surface area contributed by atoms with Gasteiger partial charge < -0.3 is 9.26 Å². The molecule has 0 saturated heterocycles. The van der Waals surface area contributed by atoms with E-state index in [0.29, 0.717) is 29.3 Å². The average molecular weight is 371 g/mol. The number of hydrogen-bond donors (Lipinski definition) is 0. The van der Waals surface area contributed by atoms with Crippen molar-refractivity contribution in [2.75, 3.05) is 6.54 Å². The Hall–Kier alpha value is -3.03. The Balaban J connectivity index is 1.50. The molecule has 2 heterocycles. The van der Waals surface area contributed by atoms with E-state index in [4.69, 9.17) is 9.26 Å². The highest BCUT2D eigenvalue weighted by atomic mass is 16.6. The van der Waals surface area contributed by atoms with Gasteiger partial charge in [0, 0.05) is 13.0 Å². The third-order valence-corrected chi connectivity index (χ3v) is 4.12. The number of rotatable bonds is 7. The van der Waals surface area contributed by atoms with Gasteiger partial charge in [0.15, 0.2) is 12.4 Å². The van der Waals surface area contributed by atoms with Gasteiger partial charge in [0.1, 0.15) is 0 Å². The molecule has 0 bridgehead atoms. The summed E-state index contributed by atoms with van der Waals surface area (Å²) in [6, 6.07) is 5.09. The molecule has 0 saturated carbocycles. The summed E-state index contributed by atoms with van der Waals surface area (Å²) in [6.07, 6.45) is 0.577. The number of nitrogens with zero attached hydrogens (tertiary/aromatic N) is 3. The number of amides is 2. The lowest BCUT2D eigenvalue weighted by Gasteiger charge is -2.12. The van der Waals surface area contributed by atoms with Gasteiger partial charge in [0.05, 0.1) is 17.5 Å². The van der Waals surface area contributed by atoms with E-state index in [-0.39, 0.29) is 31.4 Å². The van der Waals surface area contributed by atoms with E-state index in [9.17, 15) is 14.4 Å². The molecule has 8 heteroatoms. The summed E-state index contributed by atoms with van der Waals surface area (Å²) in [5.74, 6) is -0.153. The molecule has 0 aliphatic carbocycles. The Labute approximate surface area is 156 Å². The first kappa shape index (κ1) is 18.8. The molecule has 1 aliphatic rings. The SMILES string of the molecule is Cc1ccc2c(c1)C(=O)N(CCC(=O)OCc1nc(CC(C)C)no1)C2=O. The van der Waals surface area contributed by atoms with Gasteiger partial charge >= 0.3 is 5.97 Å². The number of carbonyl (C=O) groups excluding carboxylic acids is 3. The Morgan fingerprint density at radius 2 is 1.96 bits per heavy atom. The first-order chi connectivity index (χ1) is 12.8. The molecule has 0 unspecified atom stereocenters. The van der Waals surface area contributed by atoms with Gasteiger partial charge in [0.2, 0.25) is 0 Å². The minimum atomic E-state index is -0.550. The van der Waals surface area contributed by atoms with Crippen molar-refractivity contribution in [3.8, 4) is 0 Å². The zero-order chi connectivity index (χ0) is 19.6. The predicted octanol–water partition coefficient (Wildman–Crippen LogP) is 2.31. The lowest BCUT2D eigenvalue weighted by atomic mass is 10.1. The molecule has 0 fully saturated rings. The number of hydrogen-bond acceptors (Lipinski definition) is 7. The number of aryl methyl sites for hydroxylation is 1. The van der Waals surface area contributed by atoms with Crippen LogP contribution in [0.5, 0.6) is 0 Å². The van der Waals surface area contributed by atoms with Gasteiger partial charge in [0.25, 0.3) is 17.7 Å². The van der Waals surface area contributed by atoms with Gasteiger partial charge in [-0.15, -0.1) is 0 Å². The van der Waals surface area contributed by atoms with Crippen molar-refractivity contribution < 1.29 is 23.6 Å². The quantitative estimate of drug-likeness (QED) is 0.543. The van der Waals surface area contributed by atoms with E-state index in [1.165, 1.54) is 0 Å². The number of ether oxygens (including phenoxy) is 1. The molecule has 27 heavy (non-hydrogen) atoms. The van der Waals surface area contributed by atoms with Gasteiger partial charge in [-0.05, 0) is 25.0 Å². The van der Waals surface area contributed by atoms with Crippen LogP contribution in [0.25, 0.3) is 0 Å². The zero-order valence-electron chi connectivity index (χ0n) is 15.5. The number of aromatic nitrogens is 2. The second kappa shape index (κ2) is 7.69. The van der Waals surface area contributed by atoms with Crippen LogP contribution in [0.3, 0.4) is 0 Å². The molecule has 1 aromatic carbocycles. The van der Waals surface area contributed by atoms with E-state index in [1.54, 1.807) is 18.2 Å². The molecule has 0 radical (unpaired) electrons. The van der Waals surface area contributed by atoms with Crippen LogP contribution in [0, 0.1) is 12.8 Å². The number of fused-ring (bicyclic) bond motifs is 1. The monoisotopic (exact) mass is 371 g/mol. The molecule has 1 aromatic heterocycles. The minimum Gasteiger partial charge on any atom is -0.456 e. The lowest BCUT2D eigenvalue weighted by molar-refractivity contribution is -0.145. The molecule has 3 rings (SSSR count). The van der Waals surface area contributed by atoms with Crippen molar-refractivity contribution in [3.05, 3.63) is 46.6 Å². The molecule has 2 amide bonds. The Kier molecular flexibility index (Phi) is 5.34. The fraction of sp³-hybridized carbons (Fsp3) is 0.421. The van der Waals surface area contributed by atoms with Crippen LogP contribution >= 0.6 is 0 Å². The maximum Gasteiger partial charge on any atom is 0.308 e. The summed E-state index contributed by atoms with van der Waals surface area (Å²) in [7, 11) is 0. The minimum absolute atomic E-state index is 0.0351. The first-order valence-corrected chi connectivity index (χ1v) is 8.79. The summed E-state index contributed by atoms with van der Waals surface area (Å²) >= 11 is 0. The third-order valence-electron chi connectivity index (χ3n) is 4.12. The third kappa shape index (κ3) is 4.21. The molecule has 142 valence electrons. The van der Waals surface area contributed by atoms with Gasteiger partial charge in [-0.1, -0.05) is 30.6 Å². The summed E-state index contributed by atoms with van der Waals surface area (Å²) in [5.41, 5.74) is 1.63. The molecule has 8 nitrogen and oxygen atoms in total. The summed E-state index contributed by atoms with van der Waals surface area (Å²) in [5, 5.41) is 3.82. The Bertz CT molecular complexity index is 887. The molecule has 0 atom stereocenters. The molecule has 0 spiro atoms. The highest BCUT2D eigenvalue weighted by Gasteiger charge is 2.35. The lowest BCUT2D eigenvalue weighted by Crippen LogP contribution is -2.32. The fourth-order valence-electron chi connectivity index (χ4n) is 2.82. The Morgan fingerprint density at radius 1 is 1.22 bits per heavy atom. The van der Waals surface area contributed by atoms with Crippen LogP contribution in [0.15, 0.2) is 22.7 Å².